The third kappa shape index (κ3) is 4.51. The highest BCUT2D eigenvalue weighted by Crippen LogP contribution is 2.34. The summed E-state index contributed by atoms with van der Waals surface area (Å²) < 4.78 is 10.2. The number of carboxylic acid groups (broad SMARTS) is 2. The molecule has 0 atom stereocenters. The molecule has 0 aliphatic carbocycles. The van der Waals surface area contributed by atoms with Crippen LogP contribution in [0.25, 0.3) is 6.08 Å². The maximum atomic E-state index is 12.1. The van der Waals surface area contributed by atoms with Crippen molar-refractivity contribution in [1.29, 1.82) is 0 Å². The molecule has 0 saturated carbocycles. The number of ether oxygens (including phenoxy) is 2. The number of amides is 2. The molecule has 1 aromatic rings. The highest BCUT2D eigenvalue weighted by molar-refractivity contribution is 8.18. The van der Waals surface area contributed by atoms with E-state index < -0.39 is 36.2 Å². The number of hydrogen-bond donors (Lipinski definition) is 2. The van der Waals surface area contributed by atoms with Crippen molar-refractivity contribution in [2.24, 2.45) is 0 Å². The summed E-state index contributed by atoms with van der Waals surface area (Å²) >= 11 is 0.622. The number of thioether (sulfide) groups is 1. The molecule has 1 aliphatic rings. The van der Waals surface area contributed by atoms with Gasteiger partial charge in [0, 0.05) is 0 Å². The Morgan fingerprint density at radius 1 is 1.20 bits per heavy atom. The van der Waals surface area contributed by atoms with Crippen LogP contribution in [-0.2, 0) is 14.4 Å². The lowest BCUT2D eigenvalue weighted by atomic mass is 10.2. The van der Waals surface area contributed by atoms with Gasteiger partial charge in [0.15, 0.2) is 18.1 Å². The number of rotatable bonds is 7. The third-order valence-corrected chi connectivity index (χ3v) is 3.91. The van der Waals surface area contributed by atoms with E-state index in [0.29, 0.717) is 28.0 Å². The van der Waals surface area contributed by atoms with E-state index in [0.717, 1.165) is 0 Å². The fourth-order valence-corrected chi connectivity index (χ4v) is 2.80. The first-order chi connectivity index (χ1) is 11.8. The SMILES string of the molecule is COc1ccc(/C=C2\SC(=O)N(CC(=O)O)C2=O)cc1OCC(=O)O. The van der Waals surface area contributed by atoms with Crippen LogP contribution in [0.3, 0.4) is 0 Å². The predicted molar refractivity (Wildman–Crippen MR) is 86.4 cm³/mol. The number of hydrogen-bond acceptors (Lipinski definition) is 7. The van der Waals surface area contributed by atoms with E-state index in [1.54, 1.807) is 6.07 Å². The van der Waals surface area contributed by atoms with E-state index in [4.69, 9.17) is 19.7 Å². The van der Waals surface area contributed by atoms with E-state index in [-0.39, 0.29) is 10.7 Å². The van der Waals surface area contributed by atoms with Crippen molar-refractivity contribution < 1.29 is 38.9 Å². The molecule has 0 radical (unpaired) electrons. The molecule has 132 valence electrons. The molecule has 1 heterocycles. The van der Waals surface area contributed by atoms with E-state index in [1.165, 1.54) is 25.3 Å². The molecule has 1 aliphatic heterocycles. The monoisotopic (exact) mass is 367 g/mol. The van der Waals surface area contributed by atoms with Gasteiger partial charge in [0.25, 0.3) is 11.1 Å². The van der Waals surface area contributed by atoms with Crippen molar-refractivity contribution in [2.75, 3.05) is 20.3 Å². The first-order valence-electron chi connectivity index (χ1n) is 6.81. The van der Waals surface area contributed by atoms with Crippen LogP contribution < -0.4 is 9.47 Å². The van der Waals surface area contributed by atoms with Crippen LogP contribution in [-0.4, -0.2) is 58.5 Å². The number of methoxy groups -OCH3 is 1. The van der Waals surface area contributed by atoms with Gasteiger partial charge in [0.1, 0.15) is 6.54 Å². The van der Waals surface area contributed by atoms with Crippen molar-refractivity contribution in [3.05, 3.63) is 28.7 Å². The third-order valence-electron chi connectivity index (χ3n) is 3.00. The molecule has 2 rings (SSSR count). The summed E-state index contributed by atoms with van der Waals surface area (Å²) in [6.45, 7) is -1.29. The number of carbonyl (C=O) groups is 4. The number of benzene rings is 1. The first kappa shape index (κ1) is 18.3. The van der Waals surface area contributed by atoms with Gasteiger partial charge in [-0.3, -0.25) is 19.3 Å². The maximum absolute atomic E-state index is 12.1. The summed E-state index contributed by atoms with van der Waals surface area (Å²) in [5, 5.41) is 16.7. The van der Waals surface area contributed by atoms with Crippen LogP contribution in [0.15, 0.2) is 23.1 Å². The zero-order valence-corrected chi connectivity index (χ0v) is 13.7. The van der Waals surface area contributed by atoms with Gasteiger partial charge in [0.2, 0.25) is 0 Å². The molecule has 1 aromatic carbocycles. The van der Waals surface area contributed by atoms with Crippen molar-refractivity contribution in [1.82, 2.24) is 4.90 Å². The van der Waals surface area contributed by atoms with Gasteiger partial charge in [0.05, 0.1) is 12.0 Å². The van der Waals surface area contributed by atoms with Gasteiger partial charge in [-0.15, -0.1) is 0 Å². The lowest BCUT2D eigenvalue weighted by molar-refractivity contribution is -0.140. The second kappa shape index (κ2) is 7.71. The lowest BCUT2D eigenvalue weighted by Crippen LogP contribution is -2.33. The summed E-state index contributed by atoms with van der Waals surface area (Å²) in [6.07, 6.45) is 1.39. The van der Waals surface area contributed by atoms with Gasteiger partial charge in [-0.05, 0) is 35.5 Å². The molecule has 2 N–H and O–H groups in total. The average Bonchev–Trinajstić information content (AvgIpc) is 2.80. The Labute approximate surface area is 145 Å². The Kier molecular flexibility index (Phi) is 5.65. The summed E-state index contributed by atoms with van der Waals surface area (Å²) in [6, 6.07) is 4.55. The molecule has 0 spiro atoms. The molecule has 0 aromatic heterocycles. The van der Waals surface area contributed by atoms with Gasteiger partial charge in [-0.1, -0.05) is 6.07 Å². The Balaban J connectivity index is 2.27. The highest BCUT2D eigenvalue weighted by atomic mass is 32.2. The molecular weight excluding hydrogens is 354 g/mol. The van der Waals surface area contributed by atoms with Gasteiger partial charge in [-0.2, -0.15) is 0 Å². The van der Waals surface area contributed by atoms with Crippen molar-refractivity contribution >= 4 is 40.9 Å². The van der Waals surface area contributed by atoms with Crippen molar-refractivity contribution in [3.63, 3.8) is 0 Å². The Hall–Kier alpha value is -3.01. The van der Waals surface area contributed by atoms with E-state index in [9.17, 15) is 19.2 Å². The second-order valence-corrected chi connectivity index (χ2v) is 5.75. The number of imide groups is 1. The number of nitrogens with zero attached hydrogens (tertiary/aromatic N) is 1. The van der Waals surface area contributed by atoms with Gasteiger partial charge < -0.3 is 19.7 Å². The Morgan fingerprint density at radius 2 is 1.92 bits per heavy atom. The largest absolute Gasteiger partial charge is 0.493 e. The smallest absolute Gasteiger partial charge is 0.341 e. The Bertz CT molecular complexity index is 773. The predicted octanol–water partition coefficient (Wildman–Crippen LogP) is 1.28. The van der Waals surface area contributed by atoms with E-state index in [2.05, 4.69) is 0 Å². The minimum atomic E-state index is -1.29. The summed E-state index contributed by atoms with van der Waals surface area (Å²) in [7, 11) is 1.39. The fourth-order valence-electron chi connectivity index (χ4n) is 1.96. The molecule has 2 amide bonds. The molecule has 1 saturated heterocycles. The van der Waals surface area contributed by atoms with E-state index >= 15 is 0 Å². The van der Waals surface area contributed by atoms with Gasteiger partial charge in [-0.25, -0.2) is 4.79 Å². The first-order valence-corrected chi connectivity index (χ1v) is 7.63. The lowest BCUT2D eigenvalue weighted by Gasteiger charge is -2.10. The number of carboxylic acids is 2. The van der Waals surface area contributed by atoms with Crippen LogP contribution >= 0.6 is 11.8 Å². The molecule has 10 heteroatoms. The van der Waals surface area contributed by atoms with Crippen LogP contribution in [0.4, 0.5) is 4.79 Å². The molecule has 25 heavy (non-hydrogen) atoms. The molecule has 9 nitrogen and oxygen atoms in total. The van der Waals surface area contributed by atoms with Crippen molar-refractivity contribution in [2.45, 2.75) is 0 Å². The second-order valence-electron chi connectivity index (χ2n) is 4.75. The zero-order valence-electron chi connectivity index (χ0n) is 12.9. The van der Waals surface area contributed by atoms with Crippen LogP contribution in [0.5, 0.6) is 11.5 Å². The Morgan fingerprint density at radius 3 is 2.52 bits per heavy atom. The fraction of sp³-hybridized carbons (Fsp3) is 0.200. The standard InChI is InChI=1S/C15H13NO8S/c1-23-9-3-2-8(4-10(9)24-7-13(19)20)5-11-14(21)16(6-12(17)18)15(22)25-11/h2-5H,6-7H2,1H3,(H,17,18)(H,19,20)/b11-5-. The molecule has 1 fully saturated rings. The summed E-state index contributed by atoms with van der Waals surface area (Å²) in [4.78, 5) is 45.8. The molecule has 0 unspecified atom stereocenters. The summed E-state index contributed by atoms with van der Waals surface area (Å²) in [5.74, 6) is -2.71. The average molecular weight is 367 g/mol. The van der Waals surface area contributed by atoms with Crippen LogP contribution in [0.2, 0.25) is 0 Å². The minimum Gasteiger partial charge on any atom is -0.493 e. The maximum Gasteiger partial charge on any atom is 0.341 e. The molecule has 0 bridgehead atoms. The van der Waals surface area contributed by atoms with Gasteiger partial charge >= 0.3 is 11.9 Å². The van der Waals surface area contributed by atoms with Crippen LogP contribution in [0, 0.1) is 0 Å². The normalized spacial score (nSPS) is 15.6. The van der Waals surface area contributed by atoms with E-state index in [1.807, 2.05) is 0 Å². The van der Waals surface area contributed by atoms with Crippen molar-refractivity contribution in [3.8, 4) is 11.5 Å². The zero-order chi connectivity index (χ0) is 18.6. The topological polar surface area (TPSA) is 130 Å². The number of carbonyl (C=O) groups excluding carboxylic acids is 2. The quantitative estimate of drug-likeness (QED) is 0.684. The number of aliphatic carboxylic acids is 2. The highest BCUT2D eigenvalue weighted by Gasteiger charge is 2.36. The summed E-state index contributed by atoms with van der Waals surface area (Å²) in [5.41, 5.74) is 0.460. The minimum absolute atomic E-state index is 0.0561. The van der Waals surface area contributed by atoms with Crippen LogP contribution in [0.1, 0.15) is 5.56 Å². The molecular formula is C15H13NO8S.